The third-order valence-electron chi connectivity index (χ3n) is 2.53. The summed E-state index contributed by atoms with van der Waals surface area (Å²) < 4.78 is 12.8. The third kappa shape index (κ3) is 1.76. The zero-order valence-corrected chi connectivity index (χ0v) is 9.37. The molecule has 0 aliphatic rings. The molecule has 84 valence electrons. The fourth-order valence-electron chi connectivity index (χ4n) is 1.69. The summed E-state index contributed by atoms with van der Waals surface area (Å²) in [6.45, 7) is 0. The summed E-state index contributed by atoms with van der Waals surface area (Å²) in [6, 6.07) is 8.07. The largest absolute Gasteiger partial charge is 0.339 e. The standard InChI is InChI=1S/C12H7ClFN3/c13-11-9-5-10(17-12(9)16-6-15-11)7-1-3-8(14)4-2-7/h1-6H,(H,15,16,17). The Bertz CT molecular complexity index is 676. The van der Waals surface area contributed by atoms with Gasteiger partial charge in [0.1, 0.15) is 22.9 Å². The topological polar surface area (TPSA) is 41.6 Å². The highest BCUT2D eigenvalue weighted by atomic mass is 35.5. The summed E-state index contributed by atoms with van der Waals surface area (Å²) in [5.74, 6) is -0.261. The second kappa shape index (κ2) is 3.82. The van der Waals surface area contributed by atoms with Gasteiger partial charge in [-0.25, -0.2) is 14.4 Å². The minimum Gasteiger partial charge on any atom is -0.339 e. The smallest absolute Gasteiger partial charge is 0.142 e. The molecule has 3 aromatic rings. The second-order valence-electron chi connectivity index (χ2n) is 3.62. The van der Waals surface area contributed by atoms with Gasteiger partial charge in [0, 0.05) is 5.69 Å². The summed E-state index contributed by atoms with van der Waals surface area (Å²) >= 11 is 5.95. The van der Waals surface area contributed by atoms with Gasteiger partial charge in [-0.05, 0) is 35.9 Å². The first-order chi connectivity index (χ1) is 8.24. The molecule has 0 saturated heterocycles. The number of rotatable bonds is 1. The number of nitrogens with one attached hydrogen (secondary N) is 1. The van der Waals surface area contributed by atoms with E-state index in [1.54, 1.807) is 12.1 Å². The van der Waals surface area contributed by atoms with Crippen molar-refractivity contribution < 1.29 is 4.39 Å². The van der Waals surface area contributed by atoms with Crippen LogP contribution in [0.5, 0.6) is 0 Å². The van der Waals surface area contributed by atoms with Crippen LogP contribution in [0.3, 0.4) is 0 Å². The maximum atomic E-state index is 12.8. The molecular weight excluding hydrogens is 241 g/mol. The van der Waals surface area contributed by atoms with Crippen LogP contribution in [0, 0.1) is 5.82 Å². The second-order valence-corrected chi connectivity index (χ2v) is 3.97. The SMILES string of the molecule is Fc1ccc(-c2cc3c(Cl)ncnc3[nH]2)cc1. The summed E-state index contributed by atoms with van der Waals surface area (Å²) in [4.78, 5) is 11.1. The van der Waals surface area contributed by atoms with Crippen LogP contribution < -0.4 is 0 Å². The molecule has 0 aliphatic carbocycles. The van der Waals surface area contributed by atoms with Crippen molar-refractivity contribution in [3.8, 4) is 11.3 Å². The summed E-state index contributed by atoms with van der Waals surface area (Å²) in [6.07, 6.45) is 1.40. The normalized spacial score (nSPS) is 10.9. The van der Waals surface area contributed by atoms with Crippen molar-refractivity contribution in [3.05, 3.63) is 47.6 Å². The van der Waals surface area contributed by atoms with Crippen LogP contribution in [0.25, 0.3) is 22.3 Å². The van der Waals surface area contributed by atoms with Gasteiger partial charge in [-0.1, -0.05) is 11.6 Å². The molecule has 2 aromatic heterocycles. The predicted octanol–water partition coefficient (Wildman–Crippen LogP) is 3.42. The molecule has 0 bridgehead atoms. The van der Waals surface area contributed by atoms with E-state index in [4.69, 9.17) is 11.6 Å². The van der Waals surface area contributed by atoms with Crippen molar-refractivity contribution in [2.24, 2.45) is 0 Å². The molecule has 0 atom stereocenters. The van der Waals surface area contributed by atoms with Gasteiger partial charge in [-0.3, -0.25) is 0 Å². The molecule has 3 nitrogen and oxygen atoms in total. The van der Waals surface area contributed by atoms with Gasteiger partial charge in [0.05, 0.1) is 5.39 Å². The molecule has 3 rings (SSSR count). The Hall–Kier alpha value is -1.94. The number of aromatic amines is 1. The number of hydrogen-bond donors (Lipinski definition) is 1. The van der Waals surface area contributed by atoms with Crippen LogP contribution in [-0.4, -0.2) is 15.0 Å². The average molecular weight is 248 g/mol. The molecule has 2 heterocycles. The van der Waals surface area contributed by atoms with Crippen molar-refractivity contribution in [2.75, 3.05) is 0 Å². The Morgan fingerprint density at radius 3 is 2.59 bits per heavy atom. The van der Waals surface area contributed by atoms with E-state index in [0.717, 1.165) is 16.6 Å². The minimum absolute atomic E-state index is 0.261. The van der Waals surface area contributed by atoms with Crippen LogP contribution in [0.15, 0.2) is 36.7 Å². The van der Waals surface area contributed by atoms with Crippen molar-refractivity contribution in [1.82, 2.24) is 15.0 Å². The van der Waals surface area contributed by atoms with Gasteiger partial charge in [0.2, 0.25) is 0 Å². The van der Waals surface area contributed by atoms with E-state index in [9.17, 15) is 4.39 Å². The van der Waals surface area contributed by atoms with Gasteiger partial charge >= 0.3 is 0 Å². The average Bonchev–Trinajstić information content (AvgIpc) is 2.75. The van der Waals surface area contributed by atoms with Gasteiger partial charge in [-0.2, -0.15) is 0 Å². The Labute approximate surface area is 101 Å². The molecular formula is C12H7ClFN3. The molecule has 0 aliphatic heterocycles. The molecule has 1 N–H and O–H groups in total. The lowest BCUT2D eigenvalue weighted by Crippen LogP contribution is -1.80. The summed E-state index contributed by atoms with van der Waals surface area (Å²) in [5, 5.41) is 1.16. The van der Waals surface area contributed by atoms with Crippen molar-refractivity contribution in [2.45, 2.75) is 0 Å². The van der Waals surface area contributed by atoms with Gasteiger partial charge in [0.25, 0.3) is 0 Å². The summed E-state index contributed by atoms with van der Waals surface area (Å²) in [5.41, 5.74) is 2.38. The first-order valence-corrected chi connectivity index (χ1v) is 5.37. The van der Waals surface area contributed by atoms with Gasteiger partial charge < -0.3 is 4.98 Å². The lowest BCUT2D eigenvalue weighted by atomic mass is 10.1. The highest BCUT2D eigenvalue weighted by molar-refractivity contribution is 6.34. The monoisotopic (exact) mass is 247 g/mol. The molecule has 0 amide bonds. The molecule has 5 heteroatoms. The van der Waals surface area contributed by atoms with Crippen LogP contribution >= 0.6 is 11.6 Å². The predicted molar refractivity (Wildman–Crippen MR) is 64.3 cm³/mol. The van der Waals surface area contributed by atoms with Crippen molar-refractivity contribution in [1.29, 1.82) is 0 Å². The van der Waals surface area contributed by atoms with E-state index in [2.05, 4.69) is 15.0 Å². The van der Waals surface area contributed by atoms with E-state index in [-0.39, 0.29) is 5.82 Å². The van der Waals surface area contributed by atoms with Crippen LogP contribution in [0.1, 0.15) is 0 Å². The number of benzene rings is 1. The third-order valence-corrected chi connectivity index (χ3v) is 2.83. The number of halogens is 2. The fourth-order valence-corrected chi connectivity index (χ4v) is 1.88. The number of fused-ring (bicyclic) bond motifs is 1. The van der Waals surface area contributed by atoms with Gasteiger partial charge in [0.15, 0.2) is 0 Å². The first kappa shape index (κ1) is 10.2. The molecule has 0 saturated carbocycles. The highest BCUT2D eigenvalue weighted by Gasteiger charge is 2.07. The summed E-state index contributed by atoms with van der Waals surface area (Å²) in [7, 11) is 0. The van der Waals surface area contributed by atoms with Crippen molar-refractivity contribution >= 4 is 22.6 Å². The number of hydrogen-bond acceptors (Lipinski definition) is 2. The van der Waals surface area contributed by atoms with Crippen molar-refractivity contribution in [3.63, 3.8) is 0 Å². The lowest BCUT2D eigenvalue weighted by Gasteiger charge is -1.96. The van der Waals surface area contributed by atoms with E-state index in [1.807, 2.05) is 6.07 Å². The number of nitrogens with zero attached hydrogens (tertiary/aromatic N) is 2. The zero-order chi connectivity index (χ0) is 11.8. The molecule has 0 fully saturated rings. The van der Waals surface area contributed by atoms with Crippen LogP contribution in [0.2, 0.25) is 5.15 Å². The molecule has 0 radical (unpaired) electrons. The van der Waals surface area contributed by atoms with E-state index < -0.39 is 0 Å². The highest BCUT2D eigenvalue weighted by Crippen LogP contribution is 2.26. The quantitative estimate of drug-likeness (QED) is 0.670. The first-order valence-electron chi connectivity index (χ1n) is 4.99. The Kier molecular flexibility index (Phi) is 2.30. The lowest BCUT2D eigenvalue weighted by molar-refractivity contribution is 0.628. The Morgan fingerprint density at radius 2 is 1.88 bits per heavy atom. The van der Waals surface area contributed by atoms with Crippen LogP contribution in [-0.2, 0) is 0 Å². The Morgan fingerprint density at radius 1 is 1.12 bits per heavy atom. The number of aromatic nitrogens is 3. The minimum atomic E-state index is -0.261. The van der Waals surface area contributed by atoms with Gasteiger partial charge in [-0.15, -0.1) is 0 Å². The number of H-pyrrole nitrogens is 1. The van der Waals surface area contributed by atoms with E-state index >= 15 is 0 Å². The van der Waals surface area contributed by atoms with Crippen LogP contribution in [0.4, 0.5) is 4.39 Å². The maximum absolute atomic E-state index is 12.8. The Balaban J connectivity index is 2.18. The molecule has 17 heavy (non-hydrogen) atoms. The molecule has 0 unspecified atom stereocenters. The molecule has 1 aromatic carbocycles. The molecule has 0 spiro atoms. The fraction of sp³-hybridized carbons (Fsp3) is 0. The van der Waals surface area contributed by atoms with E-state index in [1.165, 1.54) is 18.5 Å². The van der Waals surface area contributed by atoms with E-state index in [0.29, 0.717) is 10.8 Å². The maximum Gasteiger partial charge on any atom is 0.142 e. The zero-order valence-electron chi connectivity index (χ0n) is 8.61.